The van der Waals surface area contributed by atoms with Crippen LogP contribution in [0.2, 0.25) is 0 Å². The number of methoxy groups -OCH3 is 1. The van der Waals surface area contributed by atoms with Crippen LogP contribution in [0.15, 0.2) is 40.5 Å². The van der Waals surface area contributed by atoms with Crippen molar-refractivity contribution in [2.24, 2.45) is 0 Å². The van der Waals surface area contributed by atoms with Crippen LogP contribution in [0, 0.1) is 0 Å². The van der Waals surface area contributed by atoms with Gasteiger partial charge < -0.3 is 10.5 Å². The molecule has 2 N–H and O–H groups in total. The van der Waals surface area contributed by atoms with E-state index in [0.717, 1.165) is 34.1 Å². The topological polar surface area (TPSA) is 61.0 Å². The number of anilines is 1. The van der Waals surface area contributed by atoms with Crippen molar-refractivity contribution in [3.8, 4) is 5.75 Å². The van der Waals surface area contributed by atoms with Crippen molar-refractivity contribution in [1.82, 2.24) is 9.97 Å². The van der Waals surface area contributed by atoms with Gasteiger partial charge in [-0.2, -0.15) is 0 Å². The van der Waals surface area contributed by atoms with Crippen LogP contribution in [0.4, 0.5) is 5.82 Å². The number of hydrogen-bond donors (Lipinski definition) is 1. The second-order valence-corrected chi connectivity index (χ2v) is 5.14. The lowest BCUT2D eigenvalue weighted by molar-refractivity contribution is 0.413. The Balaban J connectivity index is 2.29. The smallest absolute Gasteiger partial charge is 0.131 e. The van der Waals surface area contributed by atoms with Crippen LogP contribution in [0.1, 0.15) is 18.9 Å². The number of ether oxygens (including phenoxy) is 1. The third-order valence-electron chi connectivity index (χ3n) is 2.69. The minimum atomic E-state index is 0.572. The molecule has 4 nitrogen and oxygen atoms in total. The van der Waals surface area contributed by atoms with E-state index in [9.17, 15) is 0 Å². The fraction of sp³-hybridized carbons (Fsp3) is 0.286. The van der Waals surface area contributed by atoms with Gasteiger partial charge >= 0.3 is 0 Å². The molecule has 0 aliphatic rings. The highest BCUT2D eigenvalue weighted by molar-refractivity contribution is 7.99. The highest BCUT2D eigenvalue weighted by atomic mass is 32.2. The van der Waals surface area contributed by atoms with E-state index >= 15 is 0 Å². The van der Waals surface area contributed by atoms with Gasteiger partial charge in [0.15, 0.2) is 0 Å². The summed E-state index contributed by atoms with van der Waals surface area (Å²) in [4.78, 5) is 9.48. The highest BCUT2D eigenvalue weighted by Crippen LogP contribution is 2.32. The molecule has 0 unspecified atom stereocenters. The molecule has 2 aromatic rings. The van der Waals surface area contributed by atoms with E-state index in [-0.39, 0.29) is 0 Å². The second-order valence-electron chi connectivity index (χ2n) is 4.07. The zero-order valence-corrected chi connectivity index (χ0v) is 11.9. The summed E-state index contributed by atoms with van der Waals surface area (Å²) in [5.41, 5.74) is 6.95. The van der Waals surface area contributed by atoms with Gasteiger partial charge in [0.2, 0.25) is 0 Å². The fourth-order valence-electron chi connectivity index (χ4n) is 1.76. The third-order valence-corrected chi connectivity index (χ3v) is 3.73. The minimum absolute atomic E-state index is 0.572. The van der Waals surface area contributed by atoms with Crippen LogP contribution >= 0.6 is 11.8 Å². The molecule has 0 bridgehead atoms. The molecule has 0 fully saturated rings. The van der Waals surface area contributed by atoms with E-state index < -0.39 is 0 Å². The van der Waals surface area contributed by atoms with Crippen molar-refractivity contribution < 1.29 is 4.74 Å². The molecule has 100 valence electrons. The van der Waals surface area contributed by atoms with Crippen LogP contribution in [-0.4, -0.2) is 17.1 Å². The van der Waals surface area contributed by atoms with Crippen molar-refractivity contribution in [2.75, 3.05) is 12.8 Å². The third kappa shape index (κ3) is 3.38. The zero-order valence-electron chi connectivity index (χ0n) is 11.1. The first-order chi connectivity index (χ1) is 9.24. The Kier molecular flexibility index (Phi) is 4.63. The maximum atomic E-state index is 5.93. The number of aromatic nitrogens is 2. The number of hydrogen-bond acceptors (Lipinski definition) is 5. The number of benzene rings is 1. The molecule has 0 spiro atoms. The summed E-state index contributed by atoms with van der Waals surface area (Å²) in [6.07, 6.45) is 3.42. The SMILES string of the molecule is CCCc1c(N)ncnc1Sc1cccc(OC)c1. The Morgan fingerprint density at radius 1 is 1.32 bits per heavy atom. The van der Waals surface area contributed by atoms with E-state index in [1.165, 1.54) is 6.33 Å². The second kappa shape index (κ2) is 6.43. The average Bonchev–Trinajstić information content (AvgIpc) is 2.43. The minimum Gasteiger partial charge on any atom is -0.497 e. The van der Waals surface area contributed by atoms with Gasteiger partial charge in [0.05, 0.1) is 7.11 Å². The molecule has 0 radical (unpaired) electrons. The lowest BCUT2D eigenvalue weighted by Crippen LogP contribution is -2.01. The lowest BCUT2D eigenvalue weighted by atomic mass is 10.2. The predicted molar refractivity (Wildman–Crippen MR) is 77.6 cm³/mol. The summed E-state index contributed by atoms with van der Waals surface area (Å²) < 4.78 is 5.22. The maximum Gasteiger partial charge on any atom is 0.131 e. The van der Waals surface area contributed by atoms with Crippen LogP contribution < -0.4 is 10.5 Å². The van der Waals surface area contributed by atoms with Crippen molar-refractivity contribution in [3.63, 3.8) is 0 Å². The molecule has 19 heavy (non-hydrogen) atoms. The Hall–Kier alpha value is -1.75. The normalized spacial score (nSPS) is 10.4. The molecular formula is C14H17N3OS. The Labute approximate surface area is 117 Å². The van der Waals surface area contributed by atoms with Crippen LogP contribution in [0.5, 0.6) is 5.75 Å². The molecule has 0 aliphatic heterocycles. The van der Waals surface area contributed by atoms with Gasteiger partial charge in [-0.25, -0.2) is 9.97 Å². The first-order valence-electron chi connectivity index (χ1n) is 6.15. The van der Waals surface area contributed by atoms with Crippen molar-refractivity contribution in [2.45, 2.75) is 29.7 Å². The van der Waals surface area contributed by atoms with Crippen LogP contribution in [0.25, 0.3) is 0 Å². The Morgan fingerprint density at radius 2 is 2.16 bits per heavy atom. The van der Waals surface area contributed by atoms with Gasteiger partial charge in [-0.3, -0.25) is 0 Å². The van der Waals surface area contributed by atoms with Gasteiger partial charge in [0.1, 0.15) is 22.9 Å². The van der Waals surface area contributed by atoms with Crippen LogP contribution in [0.3, 0.4) is 0 Å². The Morgan fingerprint density at radius 3 is 2.89 bits per heavy atom. The highest BCUT2D eigenvalue weighted by Gasteiger charge is 2.10. The molecule has 0 atom stereocenters. The molecular weight excluding hydrogens is 258 g/mol. The van der Waals surface area contributed by atoms with E-state index in [1.807, 2.05) is 24.3 Å². The summed E-state index contributed by atoms with van der Waals surface area (Å²) in [7, 11) is 1.66. The molecule has 0 amide bonds. The molecule has 5 heteroatoms. The molecule has 1 aromatic heterocycles. The average molecular weight is 275 g/mol. The summed E-state index contributed by atoms with van der Waals surface area (Å²) >= 11 is 1.59. The molecule has 0 saturated heterocycles. The van der Waals surface area contributed by atoms with E-state index in [0.29, 0.717) is 5.82 Å². The summed E-state index contributed by atoms with van der Waals surface area (Å²) in [6.45, 7) is 2.12. The summed E-state index contributed by atoms with van der Waals surface area (Å²) in [5, 5.41) is 0.919. The van der Waals surface area contributed by atoms with Crippen LogP contribution in [-0.2, 0) is 6.42 Å². The van der Waals surface area contributed by atoms with Gasteiger partial charge in [-0.15, -0.1) is 0 Å². The van der Waals surface area contributed by atoms with Gasteiger partial charge in [0, 0.05) is 10.5 Å². The first kappa shape index (κ1) is 13.7. The van der Waals surface area contributed by atoms with Crippen molar-refractivity contribution in [1.29, 1.82) is 0 Å². The number of rotatable bonds is 5. The monoisotopic (exact) mass is 275 g/mol. The molecule has 2 rings (SSSR count). The predicted octanol–water partition coefficient (Wildman–Crippen LogP) is 3.17. The van der Waals surface area contributed by atoms with Gasteiger partial charge in [0.25, 0.3) is 0 Å². The number of nitrogens with two attached hydrogens (primary N) is 1. The largest absolute Gasteiger partial charge is 0.497 e. The summed E-state index contributed by atoms with van der Waals surface area (Å²) in [6, 6.07) is 7.90. The number of nitrogen functional groups attached to an aromatic ring is 1. The quantitative estimate of drug-likeness (QED) is 0.849. The number of nitrogens with zero attached hydrogens (tertiary/aromatic N) is 2. The van der Waals surface area contributed by atoms with E-state index in [4.69, 9.17) is 10.5 Å². The van der Waals surface area contributed by atoms with Crippen molar-refractivity contribution in [3.05, 3.63) is 36.2 Å². The van der Waals surface area contributed by atoms with E-state index in [1.54, 1.807) is 18.9 Å². The first-order valence-corrected chi connectivity index (χ1v) is 6.97. The van der Waals surface area contributed by atoms with Gasteiger partial charge in [-0.1, -0.05) is 31.2 Å². The summed E-state index contributed by atoms with van der Waals surface area (Å²) in [5.74, 6) is 1.41. The molecule has 1 aromatic carbocycles. The van der Waals surface area contributed by atoms with Crippen molar-refractivity contribution >= 4 is 17.6 Å². The van der Waals surface area contributed by atoms with Gasteiger partial charge in [-0.05, 0) is 24.6 Å². The molecule has 0 saturated carbocycles. The maximum absolute atomic E-state index is 5.93. The lowest BCUT2D eigenvalue weighted by Gasteiger charge is -2.09. The standard InChI is InChI=1S/C14H17N3OS/c1-3-5-12-13(15)16-9-17-14(12)19-11-7-4-6-10(8-11)18-2/h4,6-9H,3,5H2,1-2H3,(H2,15,16,17). The molecule has 0 aliphatic carbocycles. The fourth-order valence-corrected chi connectivity index (χ4v) is 2.73. The Bertz CT molecular complexity index is 560. The molecule has 1 heterocycles. The zero-order chi connectivity index (χ0) is 13.7. The van der Waals surface area contributed by atoms with E-state index in [2.05, 4.69) is 16.9 Å².